The zero-order chi connectivity index (χ0) is 23.3. The van der Waals surface area contributed by atoms with Gasteiger partial charge in [-0.05, 0) is 37.3 Å². The van der Waals surface area contributed by atoms with Crippen molar-refractivity contribution in [2.24, 2.45) is 5.92 Å². The van der Waals surface area contributed by atoms with E-state index in [9.17, 15) is 23.3 Å². The minimum absolute atomic E-state index is 0.111. The third-order valence-corrected chi connectivity index (χ3v) is 6.18. The molecule has 0 saturated heterocycles. The highest BCUT2D eigenvalue weighted by molar-refractivity contribution is 7.92. The number of carbonyl (C=O) groups is 1. The minimum Gasteiger partial charge on any atom is -0.347 e. The molecule has 0 heterocycles. The molecule has 0 unspecified atom stereocenters. The van der Waals surface area contributed by atoms with E-state index in [1.165, 1.54) is 25.1 Å². The summed E-state index contributed by atoms with van der Waals surface area (Å²) in [5.74, 6) is -0.184. The van der Waals surface area contributed by atoms with Crippen molar-refractivity contribution >= 4 is 27.3 Å². The molecule has 1 amide bonds. The molecule has 2 rings (SSSR count). The van der Waals surface area contributed by atoms with Crippen LogP contribution in [0.2, 0.25) is 0 Å². The maximum Gasteiger partial charge on any atom is 0.271 e. The Kier molecular flexibility index (Phi) is 7.78. The highest BCUT2D eigenvalue weighted by atomic mass is 32.2. The first-order valence-electron chi connectivity index (χ1n) is 10.0. The molecule has 0 bridgehead atoms. The number of amides is 1. The van der Waals surface area contributed by atoms with E-state index in [1.54, 1.807) is 6.92 Å². The standard InChI is InChI=1S/C22H29N3O5S/c1-15(2)13-20(18-9-7-6-8-10-18)23-22(26)17(4)24(31(5,29)30)21-14-19(25(27)28)12-11-16(21)3/h6-12,14-15,17,20H,13H2,1-5H3,(H,23,26)/t17-,20-/m0/s1. The van der Waals surface area contributed by atoms with Crippen LogP contribution in [-0.2, 0) is 14.8 Å². The molecule has 0 aliphatic heterocycles. The second kappa shape index (κ2) is 9.91. The Labute approximate surface area is 183 Å². The number of hydrogen-bond donors (Lipinski definition) is 1. The lowest BCUT2D eigenvalue weighted by atomic mass is 9.96. The van der Waals surface area contributed by atoms with Crippen molar-refractivity contribution in [2.45, 2.75) is 46.2 Å². The Bertz CT molecular complexity index is 1040. The van der Waals surface area contributed by atoms with Gasteiger partial charge in [0.25, 0.3) is 5.69 Å². The van der Waals surface area contributed by atoms with Crippen LogP contribution in [-0.4, -0.2) is 31.5 Å². The molecule has 2 atom stereocenters. The maximum absolute atomic E-state index is 13.1. The molecule has 0 spiro atoms. The smallest absolute Gasteiger partial charge is 0.271 e. The van der Waals surface area contributed by atoms with E-state index < -0.39 is 26.9 Å². The maximum atomic E-state index is 13.1. The Balaban J connectivity index is 2.41. The quantitative estimate of drug-likeness (QED) is 0.462. The zero-order valence-electron chi connectivity index (χ0n) is 18.4. The number of nitrogens with one attached hydrogen (secondary N) is 1. The molecule has 31 heavy (non-hydrogen) atoms. The number of non-ortho nitro benzene ring substituents is 1. The van der Waals surface area contributed by atoms with Crippen LogP contribution in [0.3, 0.4) is 0 Å². The number of hydrogen-bond acceptors (Lipinski definition) is 5. The summed E-state index contributed by atoms with van der Waals surface area (Å²) >= 11 is 0. The summed E-state index contributed by atoms with van der Waals surface area (Å²) in [5.41, 5.74) is 1.30. The number of anilines is 1. The van der Waals surface area contributed by atoms with Crippen molar-refractivity contribution in [1.82, 2.24) is 5.32 Å². The number of carbonyl (C=O) groups excluding carboxylic acids is 1. The Hall–Kier alpha value is -2.94. The van der Waals surface area contributed by atoms with Crippen LogP contribution in [0.4, 0.5) is 11.4 Å². The SMILES string of the molecule is Cc1ccc([N+](=O)[O-])cc1N([C@@H](C)C(=O)N[C@@H](CC(C)C)c1ccccc1)S(C)(=O)=O. The second-order valence-electron chi connectivity index (χ2n) is 8.06. The van der Waals surface area contributed by atoms with Crippen molar-refractivity contribution in [2.75, 3.05) is 10.6 Å². The van der Waals surface area contributed by atoms with Crippen molar-refractivity contribution in [3.05, 3.63) is 69.8 Å². The number of benzene rings is 2. The topological polar surface area (TPSA) is 110 Å². The Morgan fingerprint density at radius 3 is 2.26 bits per heavy atom. The van der Waals surface area contributed by atoms with E-state index in [2.05, 4.69) is 5.32 Å². The van der Waals surface area contributed by atoms with E-state index in [-0.39, 0.29) is 17.4 Å². The zero-order valence-corrected chi connectivity index (χ0v) is 19.2. The van der Waals surface area contributed by atoms with Crippen LogP contribution in [0, 0.1) is 23.0 Å². The first-order valence-corrected chi connectivity index (χ1v) is 11.9. The molecule has 2 aromatic carbocycles. The second-order valence-corrected chi connectivity index (χ2v) is 9.92. The molecule has 168 valence electrons. The minimum atomic E-state index is -3.90. The molecule has 2 aromatic rings. The molecule has 0 aliphatic carbocycles. The van der Waals surface area contributed by atoms with E-state index in [1.807, 2.05) is 44.2 Å². The Morgan fingerprint density at radius 1 is 1.13 bits per heavy atom. The van der Waals surface area contributed by atoms with Crippen LogP contribution in [0.15, 0.2) is 48.5 Å². The van der Waals surface area contributed by atoms with E-state index in [4.69, 9.17) is 0 Å². The molecule has 0 fully saturated rings. The summed E-state index contributed by atoms with van der Waals surface area (Å²) in [7, 11) is -3.90. The summed E-state index contributed by atoms with van der Waals surface area (Å²) < 4.78 is 26.2. The van der Waals surface area contributed by atoms with Gasteiger partial charge in [0.1, 0.15) is 6.04 Å². The third-order valence-electron chi connectivity index (χ3n) is 4.96. The number of rotatable bonds is 9. The van der Waals surface area contributed by atoms with Crippen molar-refractivity contribution in [3.8, 4) is 0 Å². The molecule has 8 nitrogen and oxygen atoms in total. The lowest BCUT2D eigenvalue weighted by molar-refractivity contribution is -0.384. The number of nitrogens with zero attached hydrogens (tertiary/aromatic N) is 2. The molecule has 0 aromatic heterocycles. The summed E-state index contributed by atoms with van der Waals surface area (Å²) in [4.78, 5) is 23.8. The van der Waals surface area contributed by atoms with Crippen LogP contribution < -0.4 is 9.62 Å². The molecular formula is C22H29N3O5S. The van der Waals surface area contributed by atoms with Gasteiger partial charge in [-0.3, -0.25) is 19.2 Å². The predicted molar refractivity (Wildman–Crippen MR) is 121 cm³/mol. The van der Waals surface area contributed by atoms with Gasteiger partial charge in [0.15, 0.2) is 0 Å². The summed E-state index contributed by atoms with van der Waals surface area (Å²) in [5, 5.41) is 14.2. The van der Waals surface area contributed by atoms with Gasteiger partial charge in [-0.2, -0.15) is 0 Å². The summed E-state index contributed by atoms with van der Waals surface area (Å²) in [6, 6.07) is 12.0. The van der Waals surface area contributed by atoms with Gasteiger partial charge in [-0.25, -0.2) is 8.42 Å². The summed E-state index contributed by atoms with van der Waals surface area (Å²) in [6.45, 7) is 7.21. The number of nitro benzene ring substituents is 1. The Morgan fingerprint density at radius 2 is 1.74 bits per heavy atom. The first kappa shape index (κ1) is 24.3. The van der Waals surface area contributed by atoms with E-state index >= 15 is 0 Å². The van der Waals surface area contributed by atoms with Crippen LogP contribution in [0.25, 0.3) is 0 Å². The van der Waals surface area contributed by atoms with Crippen molar-refractivity contribution in [3.63, 3.8) is 0 Å². The number of sulfonamides is 1. The number of nitro groups is 1. The fourth-order valence-electron chi connectivity index (χ4n) is 3.46. The fourth-order valence-corrected chi connectivity index (χ4v) is 4.68. The fraction of sp³-hybridized carbons (Fsp3) is 0.409. The van der Waals surface area contributed by atoms with Gasteiger partial charge in [-0.1, -0.05) is 50.2 Å². The molecule has 0 radical (unpaired) electrons. The van der Waals surface area contributed by atoms with Crippen molar-refractivity contribution in [1.29, 1.82) is 0 Å². The van der Waals surface area contributed by atoms with Gasteiger partial charge in [-0.15, -0.1) is 0 Å². The number of aryl methyl sites for hydroxylation is 1. The van der Waals surface area contributed by atoms with Crippen LogP contribution in [0.5, 0.6) is 0 Å². The van der Waals surface area contributed by atoms with Crippen LogP contribution >= 0.6 is 0 Å². The molecule has 0 saturated carbocycles. The normalized spacial score (nSPS) is 13.5. The van der Waals surface area contributed by atoms with E-state index in [0.29, 0.717) is 17.9 Å². The lowest BCUT2D eigenvalue weighted by Gasteiger charge is -2.31. The van der Waals surface area contributed by atoms with Gasteiger partial charge in [0, 0.05) is 12.1 Å². The lowest BCUT2D eigenvalue weighted by Crippen LogP contribution is -2.49. The molecule has 0 aliphatic rings. The van der Waals surface area contributed by atoms with Crippen LogP contribution in [0.1, 0.15) is 44.4 Å². The average Bonchev–Trinajstić information content (AvgIpc) is 2.68. The first-order chi connectivity index (χ1) is 14.4. The monoisotopic (exact) mass is 447 g/mol. The molecular weight excluding hydrogens is 418 g/mol. The van der Waals surface area contributed by atoms with Gasteiger partial charge in [0.2, 0.25) is 15.9 Å². The highest BCUT2D eigenvalue weighted by Crippen LogP contribution is 2.30. The van der Waals surface area contributed by atoms with Crippen molar-refractivity contribution < 1.29 is 18.1 Å². The van der Waals surface area contributed by atoms with Gasteiger partial charge in [0.05, 0.1) is 22.9 Å². The van der Waals surface area contributed by atoms with Gasteiger partial charge >= 0.3 is 0 Å². The van der Waals surface area contributed by atoms with E-state index in [0.717, 1.165) is 16.1 Å². The van der Waals surface area contributed by atoms with Gasteiger partial charge < -0.3 is 5.32 Å². The average molecular weight is 448 g/mol. The largest absolute Gasteiger partial charge is 0.347 e. The third kappa shape index (κ3) is 6.27. The summed E-state index contributed by atoms with van der Waals surface area (Å²) in [6.07, 6.45) is 1.66. The predicted octanol–water partition coefficient (Wildman–Crippen LogP) is 3.96. The molecule has 1 N–H and O–H groups in total. The highest BCUT2D eigenvalue weighted by Gasteiger charge is 2.32. The molecule has 9 heteroatoms.